The Kier molecular flexibility index (Phi) is 5.27. The van der Waals surface area contributed by atoms with Crippen LogP contribution in [0.15, 0.2) is 36.5 Å². The van der Waals surface area contributed by atoms with E-state index in [4.69, 9.17) is 11.6 Å². The minimum Gasteiger partial charge on any atom is -0.347 e. The van der Waals surface area contributed by atoms with E-state index in [1.54, 1.807) is 0 Å². The lowest BCUT2D eigenvalue weighted by molar-refractivity contribution is -0.137. The van der Waals surface area contributed by atoms with E-state index in [1.165, 1.54) is 18.3 Å². The third-order valence-corrected chi connectivity index (χ3v) is 3.40. The van der Waals surface area contributed by atoms with E-state index < -0.39 is 17.3 Å². The summed E-state index contributed by atoms with van der Waals surface area (Å²) < 4.78 is 38.5. The molecule has 8 heteroatoms. The van der Waals surface area contributed by atoms with Crippen LogP contribution in [-0.2, 0) is 6.18 Å². The van der Waals surface area contributed by atoms with Gasteiger partial charge in [0.05, 0.1) is 16.3 Å². The van der Waals surface area contributed by atoms with Crippen molar-refractivity contribution in [3.05, 3.63) is 52.7 Å². The third kappa shape index (κ3) is 5.35. The highest BCUT2D eigenvalue weighted by Gasteiger charge is 2.31. The lowest BCUT2D eigenvalue weighted by atomic mass is 10.1. The predicted octanol–water partition coefficient (Wildman–Crippen LogP) is 5.03. The zero-order valence-corrected chi connectivity index (χ0v) is 14.6. The molecular formula is C17H17ClF3N3O. The van der Waals surface area contributed by atoms with Gasteiger partial charge in [-0.3, -0.25) is 4.79 Å². The second-order valence-electron chi connectivity index (χ2n) is 6.45. The van der Waals surface area contributed by atoms with Gasteiger partial charge in [-0.2, -0.15) is 13.2 Å². The molecule has 0 unspecified atom stereocenters. The van der Waals surface area contributed by atoms with Gasteiger partial charge < -0.3 is 10.6 Å². The molecule has 0 fully saturated rings. The van der Waals surface area contributed by atoms with Crippen LogP contribution in [0, 0.1) is 0 Å². The number of aromatic nitrogens is 1. The number of rotatable bonds is 3. The van der Waals surface area contributed by atoms with Crippen LogP contribution in [0.1, 0.15) is 36.7 Å². The summed E-state index contributed by atoms with van der Waals surface area (Å²) in [5.41, 5.74) is -0.868. The molecule has 4 nitrogen and oxygen atoms in total. The van der Waals surface area contributed by atoms with Crippen molar-refractivity contribution in [2.45, 2.75) is 32.5 Å². The number of nitrogens with one attached hydrogen (secondary N) is 2. The van der Waals surface area contributed by atoms with Crippen molar-refractivity contribution in [2.24, 2.45) is 0 Å². The molecule has 2 rings (SSSR count). The molecule has 0 bridgehead atoms. The lowest BCUT2D eigenvalue weighted by Crippen LogP contribution is -2.40. The van der Waals surface area contributed by atoms with E-state index in [0.29, 0.717) is 5.56 Å². The molecule has 0 aliphatic heterocycles. The first-order valence-corrected chi connectivity index (χ1v) is 7.76. The number of carbonyl (C=O) groups excluding carboxylic acids is 1. The van der Waals surface area contributed by atoms with E-state index >= 15 is 0 Å². The molecular weight excluding hydrogens is 355 g/mol. The van der Waals surface area contributed by atoms with E-state index in [2.05, 4.69) is 15.6 Å². The predicted molar refractivity (Wildman–Crippen MR) is 91.2 cm³/mol. The molecule has 0 radical (unpaired) electrons. The van der Waals surface area contributed by atoms with Gasteiger partial charge >= 0.3 is 6.18 Å². The van der Waals surface area contributed by atoms with Crippen LogP contribution < -0.4 is 10.6 Å². The van der Waals surface area contributed by atoms with Gasteiger partial charge in [0, 0.05) is 17.3 Å². The monoisotopic (exact) mass is 371 g/mol. The van der Waals surface area contributed by atoms with Gasteiger partial charge in [-0.1, -0.05) is 11.6 Å². The van der Waals surface area contributed by atoms with Crippen LogP contribution in [0.3, 0.4) is 0 Å². The minimum atomic E-state index is -4.48. The average Bonchev–Trinajstić information content (AvgIpc) is 2.47. The molecule has 1 amide bonds. The number of hydrogen-bond donors (Lipinski definition) is 2. The largest absolute Gasteiger partial charge is 0.416 e. The minimum absolute atomic E-state index is 0.0531. The Hall–Kier alpha value is -2.28. The molecule has 0 saturated heterocycles. The molecule has 2 aromatic rings. The van der Waals surface area contributed by atoms with Crippen LogP contribution in [0.25, 0.3) is 0 Å². The number of benzene rings is 1. The molecule has 0 spiro atoms. The van der Waals surface area contributed by atoms with E-state index in [-0.39, 0.29) is 22.4 Å². The first-order valence-electron chi connectivity index (χ1n) is 7.38. The number of carbonyl (C=O) groups is 1. The maximum atomic E-state index is 12.8. The highest BCUT2D eigenvalue weighted by atomic mass is 35.5. The summed E-state index contributed by atoms with van der Waals surface area (Å²) in [5, 5.41) is 5.63. The first kappa shape index (κ1) is 19.1. The number of hydrogen-bond acceptors (Lipinski definition) is 3. The molecule has 1 aromatic carbocycles. The molecule has 0 saturated carbocycles. The summed E-state index contributed by atoms with van der Waals surface area (Å²) in [6, 6.07) is 5.90. The Morgan fingerprint density at radius 2 is 1.80 bits per heavy atom. The fourth-order valence-corrected chi connectivity index (χ4v) is 2.15. The Bertz CT molecular complexity index is 785. The van der Waals surface area contributed by atoms with Crippen molar-refractivity contribution in [2.75, 3.05) is 5.32 Å². The van der Waals surface area contributed by atoms with Crippen molar-refractivity contribution < 1.29 is 18.0 Å². The Balaban J connectivity index is 2.27. The maximum Gasteiger partial charge on any atom is 0.416 e. The fourth-order valence-electron chi connectivity index (χ4n) is 1.99. The lowest BCUT2D eigenvalue weighted by Gasteiger charge is -2.20. The number of pyridine rings is 1. The SMILES string of the molecule is CC(C)(C)NC(=O)c1ccnc(Nc2cc(C(F)(F)F)ccc2Cl)c1. The highest BCUT2D eigenvalue weighted by molar-refractivity contribution is 6.33. The summed E-state index contributed by atoms with van der Waals surface area (Å²) in [7, 11) is 0. The van der Waals surface area contributed by atoms with Gasteiger partial charge in [-0.05, 0) is 51.1 Å². The Morgan fingerprint density at radius 1 is 1.12 bits per heavy atom. The van der Waals surface area contributed by atoms with Crippen molar-refractivity contribution >= 4 is 29.0 Å². The van der Waals surface area contributed by atoms with Gasteiger partial charge in [-0.15, -0.1) is 0 Å². The van der Waals surface area contributed by atoms with Crippen LogP contribution in [0.5, 0.6) is 0 Å². The average molecular weight is 372 g/mol. The third-order valence-electron chi connectivity index (χ3n) is 3.07. The highest BCUT2D eigenvalue weighted by Crippen LogP contribution is 2.34. The van der Waals surface area contributed by atoms with Crippen LogP contribution in [0.4, 0.5) is 24.7 Å². The number of halogens is 4. The molecule has 134 valence electrons. The molecule has 0 atom stereocenters. The number of alkyl halides is 3. The Morgan fingerprint density at radius 3 is 2.40 bits per heavy atom. The van der Waals surface area contributed by atoms with Gasteiger partial charge in [0.1, 0.15) is 5.82 Å². The van der Waals surface area contributed by atoms with Gasteiger partial charge in [0.15, 0.2) is 0 Å². The summed E-state index contributed by atoms with van der Waals surface area (Å²) in [6.07, 6.45) is -3.09. The summed E-state index contributed by atoms with van der Waals surface area (Å²) in [5.74, 6) is -0.101. The number of nitrogens with zero attached hydrogens (tertiary/aromatic N) is 1. The quantitative estimate of drug-likeness (QED) is 0.796. The summed E-state index contributed by atoms with van der Waals surface area (Å²) in [4.78, 5) is 16.2. The molecule has 2 N–H and O–H groups in total. The smallest absolute Gasteiger partial charge is 0.347 e. The summed E-state index contributed by atoms with van der Waals surface area (Å²) >= 11 is 5.95. The van der Waals surface area contributed by atoms with Crippen molar-refractivity contribution in [1.82, 2.24) is 10.3 Å². The van der Waals surface area contributed by atoms with Gasteiger partial charge in [0.25, 0.3) is 5.91 Å². The standard InChI is InChI=1S/C17H17ClF3N3O/c1-16(2,3)24-15(25)10-6-7-22-14(8-10)23-13-9-11(17(19,20)21)4-5-12(13)18/h4-9H,1-3H3,(H,22,23)(H,24,25). The summed E-state index contributed by atoms with van der Waals surface area (Å²) in [6.45, 7) is 5.52. The second-order valence-corrected chi connectivity index (χ2v) is 6.86. The fraction of sp³-hybridized carbons (Fsp3) is 0.294. The molecule has 1 aromatic heterocycles. The van der Waals surface area contributed by atoms with Crippen molar-refractivity contribution in [3.63, 3.8) is 0 Å². The first-order chi connectivity index (χ1) is 11.5. The van der Waals surface area contributed by atoms with Gasteiger partial charge in [-0.25, -0.2) is 4.98 Å². The van der Waals surface area contributed by atoms with E-state index in [9.17, 15) is 18.0 Å². The van der Waals surface area contributed by atoms with Gasteiger partial charge in [0.2, 0.25) is 0 Å². The number of amides is 1. The topological polar surface area (TPSA) is 54.0 Å². The second kappa shape index (κ2) is 6.92. The normalized spacial score (nSPS) is 12.0. The molecule has 0 aliphatic rings. The van der Waals surface area contributed by atoms with Crippen LogP contribution in [-0.4, -0.2) is 16.4 Å². The van der Waals surface area contributed by atoms with Crippen LogP contribution >= 0.6 is 11.6 Å². The van der Waals surface area contributed by atoms with Crippen LogP contribution in [0.2, 0.25) is 5.02 Å². The van der Waals surface area contributed by atoms with Crippen molar-refractivity contribution in [1.29, 1.82) is 0 Å². The van der Waals surface area contributed by atoms with E-state index in [0.717, 1.165) is 18.2 Å². The Labute approximate surface area is 148 Å². The maximum absolute atomic E-state index is 12.8. The van der Waals surface area contributed by atoms with Crippen molar-refractivity contribution in [3.8, 4) is 0 Å². The zero-order valence-electron chi connectivity index (χ0n) is 13.8. The molecule has 1 heterocycles. The number of anilines is 2. The van der Waals surface area contributed by atoms with E-state index in [1.807, 2.05) is 20.8 Å². The zero-order chi connectivity index (χ0) is 18.8. The molecule has 0 aliphatic carbocycles. The molecule has 25 heavy (non-hydrogen) atoms.